The maximum absolute atomic E-state index is 12.0. The van der Waals surface area contributed by atoms with Gasteiger partial charge in [0.05, 0.1) is 12.7 Å². The third-order valence-electron chi connectivity index (χ3n) is 3.58. The fraction of sp³-hybridized carbons (Fsp3) is 0.211. The molecule has 2 aromatic rings. The molecule has 0 atom stereocenters. The van der Waals surface area contributed by atoms with Gasteiger partial charge >= 0.3 is 5.97 Å². The van der Waals surface area contributed by atoms with Gasteiger partial charge in [0.1, 0.15) is 6.42 Å². The highest BCUT2D eigenvalue weighted by molar-refractivity contribution is 6.08. The van der Waals surface area contributed by atoms with Gasteiger partial charge in [-0.1, -0.05) is 12.1 Å². The van der Waals surface area contributed by atoms with Crippen LogP contribution >= 0.6 is 0 Å². The highest BCUT2D eigenvalue weighted by Crippen LogP contribution is 2.17. The van der Waals surface area contributed by atoms with Crippen molar-refractivity contribution >= 4 is 29.2 Å². The Labute approximate surface area is 146 Å². The van der Waals surface area contributed by atoms with Gasteiger partial charge in [0.25, 0.3) is 0 Å². The molecule has 2 aromatic carbocycles. The SMILES string of the molecule is COC(=O)c1ccc(NC(=O)CC(=O)Nc2cc(C)ccc2C)cc1. The number of hydrogen-bond donors (Lipinski definition) is 2. The second-order valence-electron chi connectivity index (χ2n) is 5.66. The first-order valence-electron chi connectivity index (χ1n) is 7.74. The smallest absolute Gasteiger partial charge is 0.337 e. The third kappa shape index (κ3) is 5.17. The molecule has 0 aliphatic heterocycles. The fourth-order valence-electron chi connectivity index (χ4n) is 2.22. The molecule has 130 valence electrons. The molecule has 0 radical (unpaired) electrons. The summed E-state index contributed by atoms with van der Waals surface area (Å²) in [6.45, 7) is 3.82. The summed E-state index contributed by atoms with van der Waals surface area (Å²) in [5.41, 5.74) is 3.53. The molecule has 0 saturated heterocycles. The number of methoxy groups -OCH3 is 1. The van der Waals surface area contributed by atoms with Crippen molar-refractivity contribution in [3.63, 3.8) is 0 Å². The van der Waals surface area contributed by atoms with Crippen molar-refractivity contribution in [2.75, 3.05) is 17.7 Å². The molecule has 0 fully saturated rings. The van der Waals surface area contributed by atoms with E-state index in [9.17, 15) is 14.4 Å². The van der Waals surface area contributed by atoms with Crippen LogP contribution in [0.25, 0.3) is 0 Å². The lowest BCUT2D eigenvalue weighted by molar-refractivity contribution is -0.123. The molecule has 6 heteroatoms. The molecule has 2 amide bonds. The standard InChI is InChI=1S/C19H20N2O4/c1-12-4-5-13(2)16(10-12)21-18(23)11-17(22)20-15-8-6-14(7-9-15)19(24)25-3/h4-10H,11H2,1-3H3,(H,20,22)(H,21,23). The van der Waals surface area contributed by atoms with Gasteiger partial charge in [-0.05, 0) is 55.3 Å². The van der Waals surface area contributed by atoms with Crippen LogP contribution in [0.5, 0.6) is 0 Å². The average molecular weight is 340 g/mol. The minimum Gasteiger partial charge on any atom is -0.465 e. The van der Waals surface area contributed by atoms with Crippen molar-refractivity contribution in [1.82, 2.24) is 0 Å². The first-order valence-corrected chi connectivity index (χ1v) is 7.74. The van der Waals surface area contributed by atoms with Gasteiger partial charge < -0.3 is 15.4 Å². The van der Waals surface area contributed by atoms with E-state index in [0.29, 0.717) is 16.9 Å². The molecule has 0 unspecified atom stereocenters. The van der Waals surface area contributed by atoms with E-state index in [2.05, 4.69) is 15.4 Å². The van der Waals surface area contributed by atoms with Crippen LogP contribution in [0.2, 0.25) is 0 Å². The van der Waals surface area contributed by atoms with Gasteiger partial charge in [-0.3, -0.25) is 9.59 Å². The lowest BCUT2D eigenvalue weighted by Gasteiger charge is -2.10. The number of nitrogens with one attached hydrogen (secondary N) is 2. The van der Waals surface area contributed by atoms with Crippen molar-refractivity contribution in [1.29, 1.82) is 0 Å². The summed E-state index contributed by atoms with van der Waals surface area (Å²) in [6, 6.07) is 12.0. The van der Waals surface area contributed by atoms with E-state index in [-0.39, 0.29) is 6.42 Å². The highest BCUT2D eigenvalue weighted by Gasteiger charge is 2.12. The van der Waals surface area contributed by atoms with Gasteiger partial charge in [0.15, 0.2) is 0 Å². The Kier molecular flexibility index (Phi) is 5.89. The first-order chi connectivity index (χ1) is 11.9. The first kappa shape index (κ1) is 18.2. The molecule has 0 aromatic heterocycles. The van der Waals surface area contributed by atoms with Gasteiger partial charge in [0, 0.05) is 11.4 Å². The lowest BCUT2D eigenvalue weighted by atomic mass is 10.1. The number of anilines is 2. The van der Waals surface area contributed by atoms with E-state index in [0.717, 1.165) is 11.1 Å². The zero-order valence-corrected chi connectivity index (χ0v) is 14.4. The molecule has 2 rings (SSSR count). The number of esters is 1. The number of amides is 2. The Morgan fingerprint density at radius 1 is 0.920 bits per heavy atom. The Bertz CT molecular complexity index is 798. The Morgan fingerprint density at radius 3 is 2.20 bits per heavy atom. The monoisotopic (exact) mass is 340 g/mol. The molecular formula is C19H20N2O4. The van der Waals surface area contributed by atoms with Gasteiger partial charge in [-0.15, -0.1) is 0 Å². The fourth-order valence-corrected chi connectivity index (χ4v) is 2.22. The number of carbonyl (C=O) groups excluding carboxylic acids is 3. The number of ether oxygens (including phenoxy) is 1. The number of aryl methyl sites for hydroxylation is 2. The average Bonchev–Trinajstić information content (AvgIpc) is 2.58. The van der Waals surface area contributed by atoms with Crippen LogP contribution in [0.4, 0.5) is 11.4 Å². The molecule has 0 bridgehead atoms. The summed E-state index contributed by atoms with van der Waals surface area (Å²) in [7, 11) is 1.30. The Morgan fingerprint density at radius 2 is 1.56 bits per heavy atom. The van der Waals surface area contributed by atoms with E-state index < -0.39 is 17.8 Å². The van der Waals surface area contributed by atoms with Crippen LogP contribution in [0.3, 0.4) is 0 Å². The maximum Gasteiger partial charge on any atom is 0.337 e. The van der Waals surface area contributed by atoms with Crippen molar-refractivity contribution in [2.24, 2.45) is 0 Å². The van der Waals surface area contributed by atoms with Gasteiger partial charge in [-0.25, -0.2) is 4.79 Å². The largest absolute Gasteiger partial charge is 0.465 e. The third-order valence-corrected chi connectivity index (χ3v) is 3.58. The maximum atomic E-state index is 12.0. The quantitative estimate of drug-likeness (QED) is 0.647. The van der Waals surface area contributed by atoms with Crippen molar-refractivity contribution in [2.45, 2.75) is 20.3 Å². The zero-order valence-electron chi connectivity index (χ0n) is 14.4. The summed E-state index contributed by atoms with van der Waals surface area (Å²) >= 11 is 0. The molecule has 0 aliphatic rings. The summed E-state index contributed by atoms with van der Waals surface area (Å²) in [6.07, 6.45) is -0.299. The second-order valence-corrected chi connectivity index (χ2v) is 5.66. The predicted octanol–water partition coefficient (Wildman–Crippen LogP) is 3.06. The highest BCUT2D eigenvalue weighted by atomic mass is 16.5. The molecule has 2 N–H and O–H groups in total. The number of carbonyl (C=O) groups is 3. The molecule has 0 heterocycles. The topological polar surface area (TPSA) is 84.5 Å². The summed E-state index contributed by atoms with van der Waals surface area (Å²) in [5.74, 6) is -1.28. The van der Waals surface area contributed by atoms with Crippen molar-refractivity contribution in [3.8, 4) is 0 Å². The minimum absolute atomic E-state index is 0.299. The van der Waals surface area contributed by atoms with Crippen LogP contribution in [0, 0.1) is 13.8 Å². The van der Waals surface area contributed by atoms with Crippen molar-refractivity contribution < 1.29 is 19.1 Å². The number of rotatable bonds is 5. The summed E-state index contributed by atoms with van der Waals surface area (Å²) in [5, 5.41) is 5.36. The van der Waals surface area contributed by atoms with Crippen LogP contribution in [0.15, 0.2) is 42.5 Å². The summed E-state index contributed by atoms with van der Waals surface area (Å²) < 4.78 is 4.61. The van der Waals surface area contributed by atoms with E-state index >= 15 is 0 Å². The molecule has 25 heavy (non-hydrogen) atoms. The van der Waals surface area contributed by atoms with Crippen LogP contribution < -0.4 is 10.6 Å². The lowest BCUT2D eigenvalue weighted by Crippen LogP contribution is -2.21. The van der Waals surface area contributed by atoms with E-state index in [1.807, 2.05) is 32.0 Å². The number of hydrogen-bond acceptors (Lipinski definition) is 4. The van der Waals surface area contributed by atoms with Crippen LogP contribution in [-0.2, 0) is 14.3 Å². The minimum atomic E-state index is -0.453. The van der Waals surface area contributed by atoms with Crippen LogP contribution in [-0.4, -0.2) is 24.9 Å². The van der Waals surface area contributed by atoms with E-state index in [1.54, 1.807) is 12.1 Å². The van der Waals surface area contributed by atoms with Gasteiger partial charge in [0.2, 0.25) is 11.8 Å². The Hall–Kier alpha value is -3.15. The summed E-state index contributed by atoms with van der Waals surface area (Å²) in [4.78, 5) is 35.4. The predicted molar refractivity (Wildman–Crippen MR) is 95.6 cm³/mol. The normalized spacial score (nSPS) is 10.0. The zero-order chi connectivity index (χ0) is 18.4. The molecule has 6 nitrogen and oxygen atoms in total. The van der Waals surface area contributed by atoms with E-state index in [1.165, 1.54) is 19.2 Å². The molecule has 0 aliphatic carbocycles. The molecule has 0 spiro atoms. The van der Waals surface area contributed by atoms with Gasteiger partial charge in [-0.2, -0.15) is 0 Å². The molecular weight excluding hydrogens is 320 g/mol. The van der Waals surface area contributed by atoms with E-state index in [4.69, 9.17) is 0 Å². The Balaban J connectivity index is 1.92. The number of benzene rings is 2. The second kappa shape index (κ2) is 8.10. The molecule has 0 saturated carbocycles. The van der Waals surface area contributed by atoms with Crippen molar-refractivity contribution in [3.05, 3.63) is 59.2 Å². The van der Waals surface area contributed by atoms with Crippen LogP contribution in [0.1, 0.15) is 27.9 Å².